The largest absolute Gasteiger partial charge is 0.356 e. The zero-order chi connectivity index (χ0) is 17.5. The van der Waals surface area contributed by atoms with E-state index in [9.17, 15) is 4.79 Å². The molecular weight excluding hydrogens is 453 g/mol. The number of nitrogens with one attached hydrogen (secondary N) is 2. The fourth-order valence-electron chi connectivity index (χ4n) is 2.74. The van der Waals surface area contributed by atoms with Gasteiger partial charge in [-0.15, -0.1) is 24.0 Å². The predicted molar refractivity (Wildman–Crippen MR) is 114 cm³/mol. The number of hydrogen-bond donors (Lipinski definition) is 2. The van der Waals surface area contributed by atoms with Gasteiger partial charge in [0.25, 0.3) is 0 Å². The first-order valence-electron chi connectivity index (χ1n) is 8.51. The molecule has 1 fully saturated rings. The molecule has 0 spiro atoms. The number of hydrogen-bond acceptors (Lipinski definition) is 2. The minimum atomic E-state index is 0. The normalized spacial score (nSPS) is 14.5. The predicted octanol–water partition coefficient (Wildman–Crippen LogP) is 2.61. The number of carbonyl (C=O) groups is 1. The van der Waals surface area contributed by atoms with Crippen molar-refractivity contribution in [1.82, 2.24) is 20.1 Å². The molecule has 2 rings (SSSR count). The van der Waals surface area contributed by atoms with Crippen LogP contribution in [0.15, 0.2) is 17.3 Å². The fourth-order valence-corrected chi connectivity index (χ4v) is 3.01. The first kappa shape index (κ1) is 22.1. The third kappa shape index (κ3) is 6.69. The summed E-state index contributed by atoms with van der Waals surface area (Å²) in [6.45, 7) is 2.20. The molecule has 2 N–H and O–H groups in total. The monoisotopic (exact) mass is 481 g/mol. The summed E-state index contributed by atoms with van der Waals surface area (Å²) < 4.78 is 2.02. The van der Waals surface area contributed by atoms with Crippen molar-refractivity contribution in [2.24, 2.45) is 18.0 Å². The Morgan fingerprint density at radius 3 is 2.60 bits per heavy atom. The molecule has 1 aliphatic rings. The van der Waals surface area contributed by atoms with Crippen molar-refractivity contribution >= 4 is 47.4 Å². The van der Waals surface area contributed by atoms with Crippen molar-refractivity contribution in [3.8, 4) is 0 Å². The molecule has 0 aliphatic heterocycles. The minimum Gasteiger partial charge on any atom is -0.356 e. The van der Waals surface area contributed by atoms with Crippen molar-refractivity contribution in [2.75, 3.05) is 27.2 Å². The van der Waals surface area contributed by atoms with Crippen LogP contribution in [0.3, 0.4) is 0 Å². The molecule has 0 radical (unpaired) electrons. The van der Waals surface area contributed by atoms with Crippen LogP contribution in [0.25, 0.3) is 0 Å². The van der Waals surface area contributed by atoms with Crippen LogP contribution < -0.4 is 10.6 Å². The Hall–Kier alpha value is -0.960. The van der Waals surface area contributed by atoms with Gasteiger partial charge in [-0.1, -0.05) is 18.0 Å². The highest BCUT2D eigenvalue weighted by Gasteiger charge is 2.24. The SMILES string of the molecule is CN=C(NCCCNC(=O)C1CCC1)N(C)Cc1cc(Cl)cn1C.I. The van der Waals surface area contributed by atoms with E-state index >= 15 is 0 Å². The van der Waals surface area contributed by atoms with E-state index in [-0.39, 0.29) is 35.8 Å². The van der Waals surface area contributed by atoms with E-state index < -0.39 is 0 Å². The molecule has 0 unspecified atom stereocenters. The molecule has 1 saturated carbocycles. The summed E-state index contributed by atoms with van der Waals surface area (Å²) in [5, 5.41) is 7.08. The Labute approximate surface area is 172 Å². The van der Waals surface area contributed by atoms with E-state index in [1.807, 2.05) is 30.9 Å². The molecule has 1 aromatic heterocycles. The molecule has 0 bridgehead atoms. The molecule has 0 aromatic carbocycles. The molecule has 0 atom stereocenters. The van der Waals surface area contributed by atoms with Crippen molar-refractivity contribution < 1.29 is 4.79 Å². The summed E-state index contributed by atoms with van der Waals surface area (Å²) in [5.41, 5.74) is 1.12. The summed E-state index contributed by atoms with van der Waals surface area (Å²) >= 11 is 6.02. The van der Waals surface area contributed by atoms with E-state index in [1.165, 1.54) is 6.42 Å². The van der Waals surface area contributed by atoms with Crippen LogP contribution in [-0.4, -0.2) is 48.5 Å². The highest BCUT2D eigenvalue weighted by Crippen LogP contribution is 2.26. The highest BCUT2D eigenvalue weighted by atomic mass is 127. The van der Waals surface area contributed by atoms with Gasteiger partial charge in [0.05, 0.1) is 11.6 Å². The zero-order valence-corrected chi connectivity index (χ0v) is 18.3. The number of aliphatic imine (C=N–C) groups is 1. The Bertz CT molecular complexity index is 586. The van der Waals surface area contributed by atoms with Crippen molar-refractivity contribution in [3.05, 3.63) is 23.0 Å². The van der Waals surface area contributed by atoms with Crippen LogP contribution >= 0.6 is 35.6 Å². The standard InChI is InChI=1S/C17H28ClN5O.HI/c1-19-17(23(3)12-15-10-14(18)11-22(15)2)21-9-5-8-20-16(24)13-6-4-7-13;/h10-11,13H,4-9,12H2,1-3H3,(H,19,21)(H,20,24);1H. The molecule has 0 saturated heterocycles. The van der Waals surface area contributed by atoms with Gasteiger partial charge in [0.1, 0.15) is 0 Å². The van der Waals surface area contributed by atoms with Gasteiger partial charge < -0.3 is 20.1 Å². The highest BCUT2D eigenvalue weighted by molar-refractivity contribution is 14.0. The fraction of sp³-hybridized carbons (Fsp3) is 0.647. The average molecular weight is 482 g/mol. The lowest BCUT2D eigenvalue weighted by molar-refractivity contribution is -0.127. The van der Waals surface area contributed by atoms with Gasteiger partial charge >= 0.3 is 0 Å². The maximum Gasteiger partial charge on any atom is 0.223 e. The Kier molecular flexibility index (Phi) is 9.63. The van der Waals surface area contributed by atoms with E-state index in [2.05, 4.69) is 20.5 Å². The van der Waals surface area contributed by atoms with Crippen molar-refractivity contribution in [1.29, 1.82) is 0 Å². The summed E-state index contributed by atoms with van der Waals surface area (Å²) in [6.07, 6.45) is 6.05. The van der Waals surface area contributed by atoms with Gasteiger partial charge in [-0.2, -0.15) is 0 Å². The number of rotatable bonds is 7. The Balaban J connectivity index is 0.00000312. The molecular formula is C17H29ClIN5O. The second-order valence-corrected chi connectivity index (χ2v) is 6.80. The molecule has 1 amide bonds. The van der Waals surface area contributed by atoms with Crippen molar-refractivity contribution in [3.63, 3.8) is 0 Å². The van der Waals surface area contributed by atoms with Gasteiger partial charge in [-0.3, -0.25) is 9.79 Å². The zero-order valence-electron chi connectivity index (χ0n) is 15.2. The number of aromatic nitrogens is 1. The molecule has 6 nitrogen and oxygen atoms in total. The Morgan fingerprint density at radius 1 is 1.40 bits per heavy atom. The van der Waals surface area contributed by atoms with Gasteiger partial charge in [-0.25, -0.2) is 0 Å². The first-order valence-corrected chi connectivity index (χ1v) is 8.89. The van der Waals surface area contributed by atoms with E-state index in [1.54, 1.807) is 7.05 Å². The number of guanidine groups is 1. The Morgan fingerprint density at radius 2 is 2.08 bits per heavy atom. The molecule has 1 aromatic rings. The van der Waals surface area contributed by atoms with Crippen LogP contribution in [0.2, 0.25) is 5.02 Å². The minimum absolute atomic E-state index is 0. The number of carbonyl (C=O) groups excluding carboxylic acids is 1. The summed E-state index contributed by atoms with van der Waals surface area (Å²) in [7, 11) is 5.75. The molecule has 142 valence electrons. The smallest absolute Gasteiger partial charge is 0.223 e. The second kappa shape index (κ2) is 10.9. The van der Waals surface area contributed by atoms with Crippen LogP contribution in [0.4, 0.5) is 0 Å². The summed E-state index contributed by atoms with van der Waals surface area (Å²) in [5.74, 6) is 1.30. The number of halogens is 2. The van der Waals surface area contributed by atoms with Gasteiger partial charge in [-0.05, 0) is 25.3 Å². The van der Waals surface area contributed by atoms with Crippen molar-refractivity contribution in [2.45, 2.75) is 32.2 Å². The van der Waals surface area contributed by atoms with E-state index in [4.69, 9.17) is 11.6 Å². The van der Waals surface area contributed by atoms with Gasteiger partial charge in [0, 0.05) is 52.0 Å². The lowest BCUT2D eigenvalue weighted by atomic mass is 9.85. The summed E-state index contributed by atoms with van der Waals surface area (Å²) in [6, 6.07) is 1.96. The first-order chi connectivity index (χ1) is 11.5. The number of aryl methyl sites for hydroxylation is 1. The van der Waals surface area contributed by atoms with Crippen LogP contribution in [0.5, 0.6) is 0 Å². The van der Waals surface area contributed by atoms with E-state index in [0.29, 0.717) is 6.54 Å². The van der Waals surface area contributed by atoms with Crippen LogP contribution in [-0.2, 0) is 18.4 Å². The van der Waals surface area contributed by atoms with Gasteiger partial charge in [0.15, 0.2) is 5.96 Å². The number of amides is 1. The lowest BCUT2D eigenvalue weighted by Gasteiger charge is -2.24. The van der Waals surface area contributed by atoms with E-state index in [0.717, 1.165) is 49.0 Å². The van der Waals surface area contributed by atoms with Crippen LogP contribution in [0, 0.1) is 5.92 Å². The average Bonchev–Trinajstić information content (AvgIpc) is 2.78. The molecule has 25 heavy (non-hydrogen) atoms. The quantitative estimate of drug-likeness (QED) is 0.272. The molecule has 1 heterocycles. The second-order valence-electron chi connectivity index (χ2n) is 6.36. The molecule has 8 heteroatoms. The molecule has 1 aliphatic carbocycles. The maximum absolute atomic E-state index is 11.7. The number of nitrogens with zero attached hydrogens (tertiary/aromatic N) is 3. The lowest BCUT2D eigenvalue weighted by Crippen LogP contribution is -2.40. The van der Waals surface area contributed by atoms with Crippen LogP contribution in [0.1, 0.15) is 31.4 Å². The maximum atomic E-state index is 11.7. The third-order valence-corrected chi connectivity index (χ3v) is 4.67. The topological polar surface area (TPSA) is 61.7 Å². The summed E-state index contributed by atoms with van der Waals surface area (Å²) in [4.78, 5) is 18.1. The van der Waals surface area contributed by atoms with Gasteiger partial charge in [0.2, 0.25) is 5.91 Å². The third-order valence-electron chi connectivity index (χ3n) is 4.46.